The summed E-state index contributed by atoms with van der Waals surface area (Å²) in [5.74, 6) is 0.646. The van der Waals surface area contributed by atoms with E-state index in [0.29, 0.717) is 12.5 Å². The molecule has 0 amide bonds. The molecular formula is C10H15NO2. The van der Waals surface area contributed by atoms with Crippen LogP contribution in [0.15, 0.2) is 24.4 Å². The lowest BCUT2D eigenvalue weighted by Gasteiger charge is -2.05. The molecule has 1 aromatic heterocycles. The number of hydrogen-bond acceptors (Lipinski definition) is 3. The first-order valence-electron chi connectivity index (χ1n) is 4.51. The lowest BCUT2D eigenvalue weighted by atomic mass is 10.2. The third-order valence-corrected chi connectivity index (χ3v) is 1.65. The molecule has 1 N–H and O–H groups in total. The number of aromatic nitrogens is 1. The zero-order valence-corrected chi connectivity index (χ0v) is 7.81. The highest BCUT2D eigenvalue weighted by molar-refractivity contribution is 5.08. The maximum absolute atomic E-state index is 8.98. The van der Waals surface area contributed by atoms with Gasteiger partial charge in [0.05, 0.1) is 12.7 Å². The van der Waals surface area contributed by atoms with Crippen LogP contribution in [-0.2, 0) is 0 Å². The van der Waals surface area contributed by atoms with Crippen molar-refractivity contribution in [2.75, 3.05) is 6.61 Å². The van der Waals surface area contributed by atoms with Crippen molar-refractivity contribution in [3.63, 3.8) is 0 Å². The second kappa shape index (κ2) is 5.54. The number of ether oxygens (including phenoxy) is 1. The van der Waals surface area contributed by atoms with Gasteiger partial charge in [0, 0.05) is 12.3 Å². The summed E-state index contributed by atoms with van der Waals surface area (Å²) in [4.78, 5) is 4.01. The fourth-order valence-corrected chi connectivity index (χ4v) is 0.988. The quantitative estimate of drug-likeness (QED) is 0.702. The molecule has 3 heteroatoms. The summed E-state index contributed by atoms with van der Waals surface area (Å²) < 4.78 is 5.33. The van der Waals surface area contributed by atoms with E-state index in [-0.39, 0.29) is 6.10 Å². The van der Waals surface area contributed by atoms with Gasteiger partial charge >= 0.3 is 0 Å². The molecule has 72 valence electrons. The van der Waals surface area contributed by atoms with Crippen LogP contribution in [0.3, 0.4) is 0 Å². The molecule has 1 aromatic rings. The molecule has 0 spiro atoms. The molecule has 1 unspecified atom stereocenters. The van der Waals surface area contributed by atoms with Crippen LogP contribution in [-0.4, -0.2) is 22.8 Å². The van der Waals surface area contributed by atoms with Crippen molar-refractivity contribution in [3.05, 3.63) is 24.4 Å². The maximum Gasteiger partial charge on any atom is 0.213 e. The van der Waals surface area contributed by atoms with Crippen molar-refractivity contribution in [2.45, 2.75) is 25.9 Å². The van der Waals surface area contributed by atoms with E-state index in [0.717, 1.165) is 12.8 Å². The van der Waals surface area contributed by atoms with Crippen LogP contribution in [0.25, 0.3) is 0 Å². The van der Waals surface area contributed by atoms with Gasteiger partial charge in [-0.25, -0.2) is 4.98 Å². The molecule has 1 rings (SSSR count). The van der Waals surface area contributed by atoms with Gasteiger partial charge < -0.3 is 9.84 Å². The summed E-state index contributed by atoms with van der Waals surface area (Å²) in [6.45, 7) is 2.39. The van der Waals surface area contributed by atoms with Gasteiger partial charge in [-0.2, -0.15) is 0 Å². The van der Waals surface area contributed by atoms with Crippen LogP contribution in [0.1, 0.15) is 19.8 Å². The van der Waals surface area contributed by atoms with E-state index in [1.165, 1.54) is 0 Å². The first-order chi connectivity index (χ1) is 6.29. The van der Waals surface area contributed by atoms with Crippen LogP contribution < -0.4 is 4.74 Å². The van der Waals surface area contributed by atoms with Crippen LogP contribution in [0, 0.1) is 0 Å². The summed E-state index contributed by atoms with van der Waals surface area (Å²) in [6.07, 6.45) is 3.08. The largest absolute Gasteiger partial charge is 0.478 e. The van der Waals surface area contributed by atoms with E-state index < -0.39 is 0 Å². The van der Waals surface area contributed by atoms with Crippen LogP contribution >= 0.6 is 0 Å². The van der Waals surface area contributed by atoms with Crippen molar-refractivity contribution >= 4 is 0 Å². The van der Waals surface area contributed by atoms with Gasteiger partial charge in [-0.05, 0) is 25.8 Å². The number of nitrogens with zero attached hydrogens (tertiary/aromatic N) is 1. The SMILES string of the molecule is CC(O)CCCOc1ccccn1. The van der Waals surface area contributed by atoms with Crippen molar-refractivity contribution in [3.8, 4) is 5.88 Å². The molecule has 0 aliphatic heterocycles. The Labute approximate surface area is 78.4 Å². The highest BCUT2D eigenvalue weighted by Crippen LogP contribution is 2.04. The summed E-state index contributed by atoms with van der Waals surface area (Å²) in [7, 11) is 0. The van der Waals surface area contributed by atoms with Crippen molar-refractivity contribution < 1.29 is 9.84 Å². The number of aliphatic hydroxyl groups excluding tert-OH is 1. The normalized spacial score (nSPS) is 12.5. The van der Waals surface area contributed by atoms with Gasteiger partial charge in [-0.1, -0.05) is 6.07 Å². The molecule has 1 atom stereocenters. The van der Waals surface area contributed by atoms with Crippen LogP contribution in [0.5, 0.6) is 5.88 Å². The zero-order chi connectivity index (χ0) is 9.52. The fraction of sp³-hybridized carbons (Fsp3) is 0.500. The molecule has 0 bridgehead atoms. The fourth-order valence-electron chi connectivity index (χ4n) is 0.988. The second-order valence-corrected chi connectivity index (χ2v) is 3.01. The predicted molar refractivity (Wildman–Crippen MR) is 50.6 cm³/mol. The highest BCUT2D eigenvalue weighted by atomic mass is 16.5. The van der Waals surface area contributed by atoms with Gasteiger partial charge in [0.25, 0.3) is 0 Å². The summed E-state index contributed by atoms with van der Waals surface area (Å²) >= 11 is 0. The molecule has 0 saturated carbocycles. The van der Waals surface area contributed by atoms with E-state index >= 15 is 0 Å². The number of aliphatic hydroxyl groups is 1. The zero-order valence-electron chi connectivity index (χ0n) is 7.81. The topological polar surface area (TPSA) is 42.4 Å². The van der Waals surface area contributed by atoms with Gasteiger partial charge in [0.2, 0.25) is 5.88 Å². The third kappa shape index (κ3) is 4.48. The first-order valence-corrected chi connectivity index (χ1v) is 4.51. The van der Waals surface area contributed by atoms with Crippen LogP contribution in [0.4, 0.5) is 0 Å². The number of pyridine rings is 1. The van der Waals surface area contributed by atoms with Crippen molar-refractivity contribution in [2.24, 2.45) is 0 Å². The van der Waals surface area contributed by atoms with Crippen molar-refractivity contribution in [1.29, 1.82) is 0 Å². The molecule has 0 saturated heterocycles. The highest BCUT2D eigenvalue weighted by Gasteiger charge is 1.96. The lowest BCUT2D eigenvalue weighted by Crippen LogP contribution is -2.04. The Hall–Kier alpha value is -1.09. The molecule has 0 aromatic carbocycles. The monoisotopic (exact) mass is 181 g/mol. The van der Waals surface area contributed by atoms with E-state index in [4.69, 9.17) is 9.84 Å². The van der Waals surface area contributed by atoms with E-state index in [1.807, 2.05) is 18.2 Å². The van der Waals surface area contributed by atoms with Gasteiger partial charge in [-0.3, -0.25) is 0 Å². The molecule has 1 heterocycles. The Morgan fingerprint density at radius 2 is 2.38 bits per heavy atom. The maximum atomic E-state index is 8.98. The molecule has 0 aliphatic carbocycles. The minimum absolute atomic E-state index is 0.243. The standard InChI is InChI=1S/C10H15NO2/c1-9(12)5-4-8-13-10-6-2-3-7-11-10/h2-3,6-7,9,12H,4-5,8H2,1H3. The molecule has 0 fully saturated rings. The Morgan fingerprint density at radius 3 is 3.00 bits per heavy atom. The van der Waals surface area contributed by atoms with Gasteiger partial charge in [-0.15, -0.1) is 0 Å². The summed E-state index contributed by atoms with van der Waals surface area (Å²) in [5, 5.41) is 8.98. The molecule has 3 nitrogen and oxygen atoms in total. The van der Waals surface area contributed by atoms with Gasteiger partial charge in [0.15, 0.2) is 0 Å². The van der Waals surface area contributed by atoms with Crippen LogP contribution in [0.2, 0.25) is 0 Å². The Morgan fingerprint density at radius 1 is 1.54 bits per heavy atom. The predicted octanol–water partition coefficient (Wildman–Crippen LogP) is 1.62. The third-order valence-electron chi connectivity index (χ3n) is 1.65. The lowest BCUT2D eigenvalue weighted by molar-refractivity contribution is 0.169. The minimum Gasteiger partial charge on any atom is -0.478 e. The number of rotatable bonds is 5. The summed E-state index contributed by atoms with van der Waals surface area (Å²) in [5.41, 5.74) is 0. The minimum atomic E-state index is -0.243. The van der Waals surface area contributed by atoms with Crippen molar-refractivity contribution in [1.82, 2.24) is 4.98 Å². The van der Waals surface area contributed by atoms with E-state index in [9.17, 15) is 0 Å². The molecule has 0 radical (unpaired) electrons. The number of hydrogen-bond donors (Lipinski definition) is 1. The van der Waals surface area contributed by atoms with Gasteiger partial charge in [0.1, 0.15) is 0 Å². The Balaban J connectivity index is 2.13. The average Bonchev–Trinajstić information content (AvgIpc) is 2.14. The van der Waals surface area contributed by atoms with E-state index in [2.05, 4.69) is 4.98 Å². The smallest absolute Gasteiger partial charge is 0.213 e. The summed E-state index contributed by atoms with van der Waals surface area (Å²) in [6, 6.07) is 5.56. The Kier molecular flexibility index (Phi) is 4.26. The second-order valence-electron chi connectivity index (χ2n) is 3.01. The molecule has 13 heavy (non-hydrogen) atoms. The average molecular weight is 181 g/mol. The van der Waals surface area contributed by atoms with E-state index in [1.54, 1.807) is 13.1 Å². The molecule has 0 aliphatic rings. The molecular weight excluding hydrogens is 166 g/mol. The Bertz CT molecular complexity index is 224. The first kappa shape index (κ1) is 9.99.